The topological polar surface area (TPSA) is 20.3 Å². The van der Waals surface area contributed by atoms with Gasteiger partial charge in [0.05, 0.1) is 5.92 Å². The largest absolute Gasteiger partial charge is 0.342 e. The molecule has 2 rings (SSSR count). The number of likely N-dealkylation sites (tertiary alicyclic amines) is 1. The van der Waals surface area contributed by atoms with Crippen LogP contribution in [0.2, 0.25) is 0 Å². The first-order chi connectivity index (χ1) is 7.15. The average molecular weight is 265 g/mol. The summed E-state index contributed by atoms with van der Waals surface area (Å²) < 4.78 is 0. The number of carbonyl (C=O) groups is 1. The van der Waals surface area contributed by atoms with Gasteiger partial charge >= 0.3 is 0 Å². The first-order valence-electron chi connectivity index (χ1n) is 5.48. The molecule has 4 unspecified atom stereocenters. The van der Waals surface area contributed by atoms with Crippen molar-refractivity contribution in [3.05, 3.63) is 0 Å². The molecule has 0 aromatic rings. The highest BCUT2D eigenvalue weighted by Gasteiger charge is 2.52. The van der Waals surface area contributed by atoms with Gasteiger partial charge in [0.1, 0.15) is 0 Å². The fourth-order valence-electron chi connectivity index (χ4n) is 2.40. The van der Waals surface area contributed by atoms with E-state index in [2.05, 4.69) is 30.4 Å². The van der Waals surface area contributed by atoms with Crippen molar-refractivity contribution in [1.29, 1.82) is 0 Å². The standard InChI is InChI=1S/C10H19NOS3/c1-6-3-4-11(5-6)10(12)8-7(2)9(8)14-15-13/h6-9,13-15H,3-5H2,1-2H3. The first-order valence-corrected chi connectivity index (χ1v) is 9.19. The third-order valence-electron chi connectivity index (χ3n) is 3.54. The molecule has 2 nitrogen and oxygen atoms in total. The third kappa shape index (κ3) is 2.44. The Hall–Kier alpha value is 0.520. The second kappa shape index (κ2) is 4.80. The molecule has 0 aromatic heterocycles. The highest BCUT2D eigenvalue weighted by molar-refractivity contribution is 8.70. The molecule has 0 N–H and O–H groups in total. The Morgan fingerprint density at radius 2 is 2.20 bits per heavy atom. The molecule has 0 spiro atoms. The first kappa shape index (κ1) is 12.0. The van der Waals surface area contributed by atoms with E-state index in [9.17, 15) is 4.79 Å². The normalized spacial score (nSPS) is 41.1. The Labute approximate surface area is 103 Å². The van der Waals surface area contributed by atoms with Crippen molar-refractivity contribution >= 4 is 37.2 Å². The quantitative estimate of drug-likeness (QED) is 0.500. The number of nitrogens with zero attached hydrogens (tertiary/aromatic N) is 1. The molecule has 0 radical (unpaired) electrons. The molecular weight excluding hydrogens is 246 g/mol. The van der Waals surface area contributed by atoms with Gasteiger partial charge in [-0.2, -0.15) is 10.3 Å². The van der Waals surface area contributed by atoms with E-state index in [1.54, 1.807) is 0 Å². The minimum Gasteiger partial charge on any atom is -0.342 e. The Balaban J connectivity index is 1.93. The Kier molecular flexibility index (Phi) is 3.83. The molecule has 1 saturated heterocycles. The van der Waals surface area contributed by atoms with Gasteiger partial charge in [0.2, 0.25) is 5.91 Å². The van der Waals surface area contributed by atoms with E-state index >= 15 is 0 Å². The zero-order valence-corrected chi connectivity index (χ0v) is 11.8. The molecule has 1 saturated carbocycles. The molecule has 0 bridgehead atoms. The third-order valence-corrected chi connectivity index (χ3v) is 6.74. The summed E-state index contributed by atoms with van der Waals surface area (Å²) in [5.41, 5.74) is 0. The summed E-state index contributed by atoms with van der Waals surface area (Å²) >= 11 is 4.21. The summed E-state index contributed by atoms with van der Waals surface area (Å²) in [6, 6.07) is 0. The molecule has 15 heavy (non-hydrogen) atoms. The van der Waals surface area contributed by atoms with Gasteiger partial charge in [0, 0.05) is 18.3 Å². The lowest BCUT2D eigenvalue weighted by Gasteiger charge is -2.15. The van der Waals surface area contributed by atoms with Crippen LogP contribution >= 0.6 is 11.7 Å². The summed E-state index contributed by atoms with van der Waals surface area (Å²) in [4.78, 5) is 14.2. The van der Waals surface area contributed by atoms with Crippen LogP contribution in [-0.4, -0.2) is 29.1 Å². The van der Waals surface area contributed by atoms with Gasteiger partial charge in [-0.3, -0.25) is 4.79 Å². The van der Waals surface area contributed by atoms with Crippen LogP contribution in [0.15, 0.2) is 0 Å². The van der Waals surface area contributed by atoms with E-state index in [-0.39, 0.29) is 0 Å². The van der Waals surface area contributed by atoms with Crippen LogP contribution in [0.1, 0.15) is 20.3 Å². The molecule has 1 heterocycles. The minimum atomic E-state index is 0.302. The van der Waals surface area contributed by atoms with Crippen LogP contribution in [0.4, 0.5) is 0 Å². The molecule has 1 amide bonds. The van der Waals surface area contributed by atoms with Crippen molar-refractivity contribution in [2.24, 2.45) is 17.8 Å². The molecule has 1 aliphatic carbocycles. The summed E-state index contributed by atoms with van der Waals surface area (Å²) in [6.45, 7) is 6.38. The minimum absolute atomic E-state index is 0.302. The van der Waals surface area contributed by atoms with Gasteiger partial charge in [-0.05, 0) is 18.3 Å². The second-order valence-corrected chi connectivity index (χ2v) is 8.60. The lowest BCUT2D eigenvalue weighted by molar-refractivity contribution is -0.131. The number of rotatable bonds is 2. The number of hydrogen-bond acceptors (Lipinski definition) is 1. The molecule has 0 aromatic carbocycles. The summed E-state index contributed by atoms with van der Waals surface area (Å²) in [5, 5.41) is 0.576. The van der Waals surface area contributed by atoms with Crippen molar-refractivity contribution < 1.29 is 4.79 Å². The van der Waals surface area contributed by atoms with Crippen molar-refractivity contribution in [3.8, 4) is 0 Å². The lowest BCUT2D eigenvalue weighted by Crippen LogP contribution is -2.31. The maximum atomic E-state index is 12.1. The van der Waals surface area contributed by atoms with Gasteiger partial charge in [0.15, 0.2) is 0 Å². The molecule has 1 aliphatic heterocycles. The maximum Gasteiger partial charge on any atom is 0.227 e. The maximum absolute atomic E-state index is 12.1. The van der Waals surface area contributed by atoms with Crippen LogP contribution in [0, 0.1) is 17.8 Å². The number of carbonyl (C=O) groups excluding carboxylic acids is 1. The number of amides is 1. The molecular formula is C10H19NOS3. The van der Waals surface area contributed by atoms with Crippen molar-refractivity contribution in [2.75, 3.05) is 13.1 Å². The monoisotopic (exact) mass is 265 g/mol. The molecule has 2 fully saturated rings. The summed E-state index contributed by atoms with van der Waals surface area (Å²) in [7, 11) is 2.41. The zero-order valence-electron chi connectivity index (χ0n) is 9.13. The Morgan fingerprint density at radius 1 is 1.47 bits per heavy atom. The summed E-state index contributed by atoms with van der Waals surface area (Å²) in [5.74, 6) is 1.98. The van der Waals surface area contributed by atoms with Crippen molar-refractivity contribution in [1.82, 2.24) is 4.90 Å². The number of hydrogen-bond donors (Lipinski definition) is 3. The van der Waals surface area contributed by atoms with E-state index in [1.807, 2.05) is 0 Å². The predicted octanol–water partition coefficient (Wildman–Crippen LogP) is 0.879. The van der Waals surface area contributed by atoms with Crippen molar-refractivity contribution in [3.63, 3.8) is 0 Å². The molecule has 2 aliphatic rings. The van der Waals surface area contributed by atoms with E-state index in [1.165, 1.54) is 16.7 Å². The van der Waals surface area contributed by atoms with E-state index in [0.717, 1.165) is 22.4 Å². The van der Waals surface area contributed by atoms with Gasteiger partial charge < -0.3 is 4.90 Å². The van der Waals surface area contributed by atoms with Gasteiger partial charge in [-0.25, -0.2) is 0 Å². The van der Waals surface area contributed by atoms with Crippen LogP contribution in [-0.2, 0) is 24.5 Å². The van der Waals surface area contributed by atoms with Gasteiger partial charge in [-0.15, -0.1) is 21.0 Å². The molecule has 88 valence electrons. The van der Waals surface area contributed by atoms with Gasteiger partial charge in [-0.1, -0.05) is 13.8 Å². The van der Waals surface area contributed by atoms with Gasteiger partial charge in [0.25, 0.3) is 0 Å². The predicted molar refractivity (Wildman–Crippen MR) is 73.3 cm³/mol. The Morgan fingerprint density at radius 3 is 2.73 bits per heavy atom. The highest BCUT2D eigenvalue weighted by Crippen LogP contribution is 2.42. The lowest BCUT2D eigenvalue weighted by atomic mass is 10.2. The van der Waals surface area contributed by atoms with E-state index in [4.69, 9.17) is 0 Å². The fourth-order valence-corrected chi connectivity index (χ4v) is 5.85. The molecule has 5 heteroatoms. The van der Waals surface area contributed by atoms with Crippen LogP contribution in [0.5, 0.6) is 0 Å². The average Bonchev–Trinajstić information content (AvgIpc) is 2.63. The Bertz CT molecular complexity index is 294. The highest BCUT2D eigenvalue weighted by atomic mass is 33.3. The van der Waals surface area contributed by atoms with Crippen LogP contribution in [0.25, 0.3) is 0 Å². The van der Waals surface area contributed by atoms with E-state index < -0.39 is 0 Å². The fraction of sp³-hybridized carbons (Fsp3) is 0.900. The SMILES string of the molecule is CC1CCN(C(=O)C2C(C)C2/[SH]=[SH]/S)C1. The van der Waals surface area contributed by atoms with Crippen LogP contribution < -0.4 is 0 Å². The summed E-state index contributed by atoms with van der Waals surface area (Å²) in [6.07, 6.45) is 1.18. The molecule has 4 atom stereocenters. The second-order valence-electron chi connectivity index (χ2n) is 4.76. The van der Waals surface area contributed by atoms with Crippen molar-refractivity contribution in [2.45, 2.75) is 25.5 Å². The van der Waals surface area contributed by atoms with E-state index in [0.29, 0.717) is 28.9 Å². The number of thiol groups is 3. The van der Waals surface area contributed by atoms with Crippen LogP contribution in [0.3, 0.4) is 0 Å². The zero-order chi connectivity index (χ0) is 11.0. The smallest absolute Gasteiger partial charge is 0.227 e.